The average molecular weight is 801 g/mol. The van der Waals surface area contributed by atoms with Crippen molar-refractivity contribution in [2.24, 2.45) is 0 Å². The van der Waals surface area contributed by atoms with Crippen molar-refractivity contribution in [3.05, 3.63) is 83.9 Å². The molecule has 8 heteroatoms. The van der Waals surface area contributed by atoms with Crippen molar-refractivity contribution in [2.45, 2.75) is 27.7 Å². The number of quaternary nitrogens is 2. The monoisotopic (exact) mass is 800 g/mol. The molecule has 3 aromatic carbocycles. The number of carbonyl (C=O) groups is 2. The van der Waals surface area contributed by atoms with Gasteiger partial charge in [0.2, 0.25) is 0 Å². The number of ether oxygens (including phenoxy) is 2. The van der Waals surface area contributed by atoms with Gasteiger partial charge in [-0.15, -0.1) is 0 Å². The van der Waals surface area contributed by atoms with Gasteiger partial charge < -0.3 is 66.4 Å². The van der Waals surface area contributed by atoms with Crippen LogP contribution in [0.4, 0.5) is 0 Å². The van der Waals surface area contributed by atoms with Gasteiger partial charge in [0.15, 0.2) is 0 Å². The summed E-state index contributed by atoms with van der Waals surface area (Å²) in [5.74, 6) is -0.790. The zero-order valence-electron chi connectivity index (χ0n) is 25.9. The smallest absolute Gasteiger partial charge is 0.338 e. The molecule has 0 bridgehead atoms. The van der Waals surface area contributed by atoms with Crippen LogP contribution in [-0.4, -0.2) is 87.5 Å². The van der Waals surface area contributed by atoms with Crippen molar-refractivity contribution in [2.75, 3.05) is 66.6 Å². The highest BCUT2D eigenvalue weighted by Gasteiger charge is 2.26. The Balaban J connectivity index is 0.00000441. The maximum Gasteiger partial charge on any atom is 0.338 e. The first-order chi connectivity index (χ1) is 19.2. The number of nitrogens with zero attached hydrogens (tertiary/aromatic N) is 2. The first-order valence-electron chi connectivity index (χ1n) is 14.5. The van der Waals surface area contributed by atoms with Crippen LogP contribution in [0.3, 0.4) is 0 Å². The van der Waals surface area contributed by atoms with Crippen molar-refractivity contribution in [1.82, 2.24) is 0 Å². The Bertz CT molecular complexity index is 1160. The molecule has 0 unspecified atom stereocenters. The van der Waals surface area contributed by atoms with E-state index in [0.29, 0.717) is 35.5 Å². The van der Waals surface area contributed by atoms with E-state index < -0.39 is 11.9 Å². The largest absolute Gasteiger partial charge is 1.00 e. The second kappa shape index (κ2) is 17.9. The first-order valence-corrected chi connectivity index (χ1v) is 14.5. The number of benzene rings is 3. The van der Waals surface area contributed by atoms with Crippen LogP contribution in [0.1, 0.15) is 48.4 Å². The van der Waals surface area contributed by atoms with Crippen LogP contribution in [0.15, 0.2) is 72.8 Å². The standard InChI is InChI=1S/C34H46N2O4.2HI/c1-7-35(5,8-2)23-25-39-33(37)29-21-22-30(34(38)40-26-24-36(6,9-3)10-4)32(28-19-15-12-16-20-28)31(29)27-17-13-11-14-18-27;;/h11-22H,7-10,23-26H2,1-6H3;2*1H/q+2;;/p-2. The van der Waals surface area contributed by atoms with Gasteiger partial charge in [-0.1, -0.05) is 60.7 Å². The highest BCUT2D eigenvalue weighted by molar-refractivity contribution is 6.08. The fourth-order valence-corrected chi connectivity index (χ4v) is 4.70. The Morgan fingerprint density at radius 3 is 1.14 bits per heavy atom. The summed E-state index contributed by atoms with van der Waals surface area (Å²) in [6.45, 7) is 14.6. The fraction of sp³-hybridized carbons (Fsp3) is 0.412. The van der Waals surface area contributed by atoms with Crippen molar-refractivity contribution < 1.29 is 76.0 Å². The minimum absolute atomic E-state index is 0. The Labute approximate surface area is 286 Å². The van der Waals surface area contributed by atoms with E-state index in [9.17, 15) is 9.59 Å². The quantitative estimate of drug-likeness (QED) is 0.134. The topological polar surface area (TPSA) is 52.6 Å². The third-order valence-corrected chi connectivity index (χ3v) is 8.55. The highest BCUT2D eigenvalue weighted by Crippen LogP contribution is 2.38. The summed E-state index contributed by atoms with van der Waals surface area (Å²) in [7, 11) is 4.33. The molecule has 230 valence electrons. The van der Waals surface area contributed by atoms with Gasteiger partial charge in [0.25, 0.3) is 0 Å². The Hall–Kier alpha value is -2.02. The van der Waals surface area contributed by atoms with E-state index in [-0.39, 0.29) is 48.0 Å². The number of likely N-dealkylation sites (N-methyl/N-ethyl adjacent to an activating group) is 2. The summed E-state index contributed by atoms with van der Waals surface area (Å²) < 4.78 is 13.3. The molecule has 0 atom stereocenters. The molecule has 6 nitrogen and oxygen atoms in total. The number of hydrogen-bond donors (Lipinski definition) is 0. The van der Waals surface area contributed by atoms with Gasteiger partial charge in [-0.2, -0.15) is 0 Å². The van der Waals surface area contributed by atoms with E-state index in [1.54, 1.807) is 12.1 Å². The Morgan fingerprint density at radius 1 is 0.548 bits per heavy atom. The van der Waals surface area contributed by atoms with Gasteiger partial charge >= 0.3 is 11.9 Å². The lowest BCUT2D eigenvalue weighted by atomic mass is 9.87. The van der Waals surface area contributed by atoms with Crippen molar-refractivity contribution in [3.63, 3.8) is 0 Å². The van der Waals surface area contributed by atoms with Crippen LogP contribution < -0.4 is 48.0 Å². The summed E-state index contributed by atoms with van der Waals surface area (Å²) >= 11 is 0. The minimum Gasteiger partial charge on any atom is -1.00 e. The zero-order chi connectivity index (χ0) is 29.2. The summed E-state index contributed by atoms with van der Waals surface area (Å²) in [6.07, 6.45) is 0. The lowest BCUT2D eigenvalue weighted by Gasteiger charge is -2.31. The molecular formula is C34H46I2N2O4. The summed E-state index contributed by atoms with van der Waals surface area (Å²) in [5.41, 5.74) is 3.91. The average Bonchev–Trinajstić information content (AvgIpc) is 3.00. The molecule has 0 heterocycles. The molecule has 0 spiro atoms. The van der Waals surface area contributed by atoms with Crippen LogP contribution in [0.2, 0.25) is 0 Å². The number of hydrogen-bond acceptors (Lipinski definition) is 4. The maximum atomic E-state index is 13.6. The minimum atomic E-state index is -0.395. The van der Waals surface area contributed by atoms with Crippen molar-refractivity contribution in [3.8, 4) is 22.3 Å². The van der Waals surface area contributed by atoms with Gasteiger partial charge in [0.05, 0.1) is 51.4 Å². The fourth-order valence-electron chi connectivity index (χ4n) is 4.70. The van der Waals surface area contributed by atoms with E-state index in [4.69, 9.17) is 9.47 Å². The van der Waals surface area contributed by atoms with E-state index in [1.165, 1.54) is 0 Å². The molecule has 0 aliphatic rings. The molecule has 0 amide bonds. The molecule has 0 N–H and O–H groups in total. The molecule has 0 aromatic heterocycles. The predicted molar refractivity (Wildman–Crippen MR) is 162 cm³/mol. The molecular weight excluding hydrogens is 754 g/mol. The molecule has 0 saturated carbocycles. The Kier molecular flexibility index (Phi) is 16.2. The molecule has 0 saturated heterocycles. The highest BCUT2D eigenvalue weighted by atomic mass is 127. The SMILES string of the molecule is CC[N+](C)(CC)CCOC(=O)c1ccc(C(=O)OCC[N+](C)(CC)CC)c(-c2ccccc2)c1-c1ccccc1.[I-].[I-]. The molecule has 0 radical (unpaired) electrons. The number of carbonyl (C=O) groups excluding carboxylic acids is 2. The van der Waals surface area contributed by atoms with Crippen molar-refractivity contribution in [1.29, 1.82) is 0 Å². The molecule has 42 heavy (non-hydrogen) atoms. The maximum absolute atomic E-state index is 13.6. The number of esters is 2. The van der Waals surface area contributed by atoms with Crippen molar-refractivity contribution >= 4 is 11.9 Å². The van der Waals surface area contributed by atoms with Gasteiger partial charge in [0.1, 0.15) is 26.3 Å². The molecule has 0 aliphatic carbocycles. The second-order valence-electron chi connectivity index (χ2n) is 10.9. The zero-order valence-corrected chi connectivity index (χ0v) is 30.2. The predicted octanol–water partition coefficient (Wildman–Crippen LogP) is 0.315. The normalized spacial score (nSPS) is 11.2. The van der Waals surface area contributed by atoms with E-state index >= 15 is 0 Å². The van der Waals surface area contributed by atoms with Gasteiger partial charge in [-0.25, -0.2) is 9.59 Å². The van der Waals surface area contributed by atoms with Crippen LogP contribution in [0, 0.1) is 0 Å². The number of rotatable bonds is 14. The summed E-state index contributed by atoms with van der Waals surface area (Å²) in [5, 5.41) is 0. The Morgan fingerprint density at radius 2 is 0.857 bits per heavy atom. The van der Waals surface area contributed by atoms with Crippen LogP contribution in [0.5, 0.6) is 0 Å². The van der Waals surface area contributed by atoms with Gasteiger partial charge in [-0.05, 0) is 51.0 Å². The van der Waals surface area contributed by atoms with E-state index in [1.807, 2.05) is 60.7 Å². The third-order valence-electron chi connectivity index (χ3n) is 8.55. The van der Waals surface area contributed by atoms with E-state index in [2.05, 4.69) is 41.8 Å². The van der Waals surface area contributed by atoms with E-state index in [0.717, 1.165) is 59.4 Å². The molecule has 3 aromatic rings. The van der Waals surface area contributed by atoms with Crippen LogP contribution in [-0.2, 0) is 9.47 Å². The van der Waals surface area contributed by atoms with Crippen LogP contribution in [0.25, 0.3) is 22.3 Å². The molecule has 0 aliphatic heterocycles. The third kappa shape index (κ3) is 9.75. The lowest BCUT2D eigenvalue weighted by Crippen LogP contribution is -3.00. The second-order valence-corrected chi connectivity index (χ2v) is 10.9. The van der Waals surface area contributed by atoms with Gasteiger partial charge in [-0.3, -0.25) is 0 Å². The lowest BCUT2D eigenvalue weighted by molar-refractivity contribution is -0.906. The summed E-state index contributed by atoms with van der Waals surface area (Å²) in [6, 6.07) is 22.9. The van der Waals surface area contributed by atoms with Crippen LogP contribution >= 0.6 is 0 Å². The molecule has 3 rings (SSSR count). The molecule has 0 fully saturated rings. The first kappa shape index (κ1) is 38.0. The summed E-state index contributed by atoms with van der Waals surface area (Å²) in [4.78, 5) is 27.1. The number of halogens is 2. The van der Waals surface area contributed by atoms with Gasteiger partial charge in [0, 0.05) is 11.1 Å².